The lowest BCUT2D eigenvalue weighted by atomic mass is 10.0. The van der Waals surface area contributed by atoms with Gasteiger partial charge in [0.1, 0.15) is 0 Å². The van der Waals surface area contributed by atoms with Crippen molar-refractivity contribution in [1.82, 2.24) is 19.7 Å². The molecule has 5 rings (SSSR count). The lowest BCUT2D eigenvalue weighted by Gasteiger charge is -2.10. The molecule has 166 valence electrons. The van der Waals surface area contributed by atoms with Crippen molar-refractivity contribution in [3.05, 3.63) is 60.2 Å². The van der Waals surface area contributed by atoms with Crippen LogP contribution in [0.1, 0.15) is 50.0 Å². The van der Waals surface area contributed by atoms with Crippen LogP contribution in [0.25, 0.3) is 22.4 Å². The molecule has 0 unspecified atom stereocenters. The van der Waals surface area contributed by atoms with E-state index >= 15 is 0 Å². The molecule has 2 aromatic carbocycles. The molecule has 1 aliphatic rings. The van der Waals surface area contributed by atoms with Gasteiger partial charge in [0.15, 0.2) is 0 Å². The van der Waals surface area contributed by atoms with Gasteiger partial charge in [-0.15, -0.1) is 0 Å². The number of fused-ring (bicyclic) bond motifs is 1. The first-order valence-corrected chi connectivity index (χ1v) is 11.8. The highest BCUT2D eigenvalue weighted by molar-refractivity contribution is 5.80. The minimum atomic E-state index is 0.658. The van der Waals surface area contributed by atoms with Crippen molar-refractivity contribution in [3.63, 3.8) is 0 Å². The van der Waals surface area contributed by atoms with Gasteiger partial charge in [-0.25, -0.2) is 4.98 Å². The van der Waals surface area contributed by atoms with Crippen LogP contribution in [0, 0.1) is 12.8 Å². The van der Waals surface area contributed by atoms with Crippen LogP contribution in [0.5, 0.6) is 0 Å². The van der Waals surface area contributed by atoms with Gasteiger partial charge in [0.2, 0.25) is 11.7 Å². The van der Waals surface area contributed by atoms with Crippen molar-refractivity contribution in [2.45, 2.75) is 58.4 Å². The Balaban J connectivity index is 1.19. The van der Waals surface area contributed by atoms with Crippen LogP contribution in [-0.2, 0) is 13.0 Å². The SMILES string of the molecule is Cc1ccccc1NCCCn1cnc2cc(-c3noc(CCC4CCCC4)n3)ccc21. The third kappa shape index (κ3) is 4.69. The number of para-hydroxylation sites is 1. The summed E-state index contributed by atoms with van der Waals surface area (Å²) < 4.78 is 7.72. The first kappa shape index (κ1) is 20.7. The lowest BCUT2D eigenvalue weighted by molar-refractivity contribution is 0.362. The summed E-state index contributed by atoms with van der Waals surface area (Å²) in [5, 5.41) is 7.74. The van der Waals surface area contributed by atoms with Gasteiger partial charge in [-0.3, -0.25) is 0 Å². The molecule has 0 radical (unpaired) electrons. The average molecular weight is 430 g/mol. The second kappa shape index (κ2) is 9.55. The zero-order chi connectivity index (χ0) is 21.8. The lowest BCUT2D eigenvalue weighted by Crippen LogP contribution is -2.07. The van der Waals surface area contributed by atoms with Crippen LogP contribution >= 0.6 is 0 Å². The summed E-state index contributed by atoms with van der Waals surface area (Å²) in [7, 11) is 0. The minimum absolute atomic E-state index is 0.658. The summed E-state index contributed by atoms with van der Waals surface area (Å²) in [5.74, 6) is 2.24. The molecule has 6 heteroatoms. The molecule has 4 aromatic rings. The van der Waals surface area contributed by atoms with Crippen LogP contribution in [0.3, 0.4) is 0 Å². The van der Waals surface area contributed by atoms with E-state index in [9.17, 15) is 0 Å². The zero-order valence-corrected chi connectivity index (χ0v) is 18.8. The Kier molecular flexibility index (Phi) is 6.19. The van der Waals surface area contributed by atoms with E-state index in [1.807, 2.05) is 6.33 Å². The number of benzene rings is 2. The van der Waals surface area contributed by atoms with Crippen LogP contribution in [-0.4, -0.2) is 26.2 Å². The van der Waals surface area contributed by atoms with E-state index in [-0.39, 0.29) is 0 Å². The van der Waals surface area contributed by atoms with Crippen molar-refractivity contribution < 1.29 is 4.52 Å². The van der Waals surface area contributed by atoms with E-state index in [0.717, 1.165) is 60.8 Å². The number of hydrogen-bond donors (Lipinski definition) is 1. The number of imidazole rings is 1. The molecule has 0 spiro atoms. The number of aromatic nitrogens is 4. The Labute approximate surface area is 189 Å². The van der Waals surface area contributed by atoms with E-state index in [1.54, 1.807) is 0 Å². The van der Waals surface area contributed by atoms with Gasteiger partial charge >= 0.3 is 0 Å². The van der Waals surface area contributed by atoms with E-state index < -0.39 is 0 Å². The summed E-state index contributed by atoms with van der Waals surface area (Å²) in [6, 6.07) is 14.6. The molecule has 0 bridgehead atoms. The summed E-state index contributed by atoms with van der Waals surface area (Å²) in [4.78, 5) is 9.24. The van der Waals surface area contributed by atoms with Crippen LogP contribution < -0.4 is 5.32 Å². The number of nitrogens with one attached hydrogen (secondary N) is 1. The Morgan fingerprint density at radius 2 is 2.00 bits per heavy atom. The minimum Gasteiger partial charge on any atom is -0.385 e. The summed E-state index contributed by atoms with van der Waals surface area (Å²) in [6.07, 6.45) is 10.4. The number of anilines is 1. The standard InChI is InChI=1S/C26H31N5O/c1-19-7-2-5-10-22(19)27-15-6-16-31-18-28-23-17-21(12-13-24(23)31)26-29-25(32-30-26)14-11-20-8-3-4-9-20/h2,5,7,10,12-13,17-18,20,27H,3-4,6,8-9,11,14-16H2,1H3. The molecule has 2 heterocycles. The number of hydrogen-bond acceptors (Lipinski definition) is 5. The second-order valence-electron chi connectivity index (χ2n) is 8.94. The molecule has 2 aromatic heterocycles. The van der Waals surface area contributed by atoms with Gasteiger partial charge in [0.25, 0.3) is 0 Å². The van der Waals surface area contributed by atoms with Crippen molar-refractivity contribution in [2.75, 3.05) is 11.9 Å². The highest BCUT2D eigenvalue weighted by Crippen LogP contribution is 2.29. The zero-order valence-electron chi connectivity index (χ0n) is 18.8. The van der Waals surface area contributed by atoms with Crippen molar-refractivity contribution in [3.8, 4) is 11.4 Å². The Morgan fingerprint density at radius 3 is 2.88 bits per heavy atom. The molecule has 0 amide bonds. The molecule has 0 saturated heterocycles. The molecular weight excluding hydrogens is 398 g/mol. The van der Waals surface area contributed by atoms with Crippen LogP contribution in [0.15, 0.2) is 53.3 Å². The first-order chi connectivity index (χ1) is 15.8. The van der Waals surface area contributed by atoms with Gasteiger partial charge in [-0.05, 0) is 55.5 Å². The fourth-order valence-electron chi connectivity index (χ4n) is 4.73. The maximum Gasteiger partial charge on any atom is 0.226 e. The fraction of sp³-hybridized carbons (Fsp3) is 0.423. The van der Waals surface area contributed by atoms with Crippen molar-refractivity contribution in [2.24, 2.45) is 5.92 Å². The number of rotatable bonds is 9. The summed E-state index contributed by atoms with van der Waals surface area (Å²) in [6.45, 7) is 3.98. The fourth-order valence-corrected chi connectivity index (χ4v) is 4.73. The smallest absolute Gasteiger partial charge is 0.226 e. The molecule has 1 aliphatic carbocycles. The van der Waals surface area contributed by atoms with E-state index in [0.29, 0.717) is 5.82 Å². The third-order valence-corrected chi connectivity index (χ3v) is 6.62. The maximum atomic E-state index is 5.51. The highest BCUT2D eigenvalue weighted by Gasteiger charge is 2.17. The van der Waals surface area contributed by atoms with E-state index in [1.165, 1.54) is 36.9 Å². The van der Waals surface area contributed by atoms with Gasteiger partial charge < -0.3 is 14.4 Å². The summed E-state index contributed by atoms with van der Waals surface area (Å²) >= 11 is 0. The molecule has 0 aliphatic heterocycles. The first-order valence-electron chi connectivity index (χ1n) is 11.8. The monoisotopic (exact) mass is 429 g/mol. The molecule has 6 nitrogen and oxygen atoms in total. The van der Waals surface area contributed by atoms with Crippen LogP contribution in [0.4, 0.5) is 5.69 Å². The Hall–Kier alpha value is -3.15. The van der Waals surface area contributed by atoms with Crippen molar-refractivity contribution in [1.29, 1.82) is 0 Å². The topological polar surface area (TPSA) is 68.8 Å². The molecular formula is C26H31N5O. The third-order valence-electron chi connectivity index (χ3n) is 6.62. The maximum absolute atomic E-state index is 5.51. The van der Waals surface area contributed by atoms with Crippen molar-refractivity contribution >= 4 is 16.7 Å². The molecule has 1 saturated carbocycles. The molecule has 32 heavy (non-hydrogen) atoms. The number of nitrogens with zero attached hydrogens (tertiary/aromatic N) is 4. The normalized spacial score (nSPS) is 14.4. The average Bonchev–Trinajstić information content (AvgIpc) is 3.57. The van der Waals surface area contributed by atoms with E-state index in [2.05, 4.69) is 74.4 Å². The molecule has 1 N–H and O–H groups in total. The predicted molar refractivity (Wildman–Crippen MR) is 128 cm³/mol. The molecule has 1 fully saturated rings. The predicted octanol–water partition coefficient (Wildman–Crippen LogP) is 6.02. The Morgan fingerprint density at radius 1 is 1.12 bits per heavy atom. The van der Waals surface area contributed by atoms with Gasteiger partial charge in [0.05, 0.1) is 17.4 Å². The second-order valence-corrected chi connectivity index (χ2v) is 8.94. The highest BCUT2D eigenvalue weighted by atomic mass is 16.5. The van der Waals surface area contributed by atoms with Gasteiger partial charge in [-0.1, -0.05) is 49.0 Å². The van der Waals surface area contributed by atoms with Gasteiger partial charge in [0, 0.05) is 30.8 Å². The summed E-state index contributed by atoms with van der Waals surface area (Å²) in [5.41, 5.74) is 5.53. The largest absolute Gasteiger partial charge is 0.385 e. The quantitative estimate of drug-likeness (QED) is 0.330. The van der Waals surface area contributed by atoms with E-state index in [4.69, 9.17) is 4.52 Å². The van der Waals surface area contributed by atoms with Crippen LogP contribution in [0.2, 0.25) is 0 Å². The number of aryl methyl sites for hydroxylation is 3. The molecule has 0 atom stereocenters. The van der Waals surface area contributed by atoms with Gasteiger partial charge in [-0.2, -0.15) is 4.98 Å². The Bertz CT molecular complexity index is 1170.